The van der Waals surface area contributed by atoms with Crippen molar-refractivity contribution in [2.45, 2.75) is 13.0 Å². The predicted octanol–water partition coefficient (Wildman–Crippen LogP) is 4.49. The Morgan fingerprint density at radius 1 is 1.09 bits per heavy atom. The largest absolute Gasteiger partial charge is 0.508 e. The minimum Gasteiger partial charge on any atom is -0.508 e. The lowest BCUT2D eigenvalue weighted by Gasteiger charge is -2.28. The van der Waals surface area contributed by atoms with E-state index in [2.05, 4.69) is 20.7 Å². The minimum atomic E-state index is -0.784. The van der Waals surface area contributed by atoms with Gasteiger partial charge in [0.05, 0.1) is 10.5 Å². The van der Waals surface area contributed by atoms with Crippen molar-refractivity contribution in [2.24, 2.45) is 0 Å². The van der Waals surface area contributed by atoms with Crippen LogP contribution >= 0.6 is 0 Å². The smallest absolute Gasteiger partial charge is 0.269 e. The van der Waals surface area contributed by atoms with Crippen LogP contribution in [0.15, 0.2) is 90.1 Å². The van der Waals surface area contributed by atoms with Crippen LogP contribution in [0.2, 0.25) is 0 Å². The number of amides is 1. The van der Waals surface area contributed by atoms with Gasteiger partial charge in [0.25, 0.3) is 11.6 Å². The average Bonchev–Trinajstić information content (AvgIpc) is 3.27. The number of benzene rings is 3. The van der Waals surface area contributed by atoms with E-state index in [1.165, 1.54) is 22.9 Å². The molecule has 174 valence electrons. The van der Waals surface area contributed by atoms with Crippen molar-refractivity contribution < 1.29 is 14.8 Å². The third-order valence-corrected chi connectivity index (χ3v) is 5.63. The first-order valence-corrected chi connectivity index (χ1v) is 10.7. The van der Waals surface area contributed by atoms with Gasteiger partial charge in [-0.05, 0) is 36.8 Å². The maximum atomic E-state index is 13.5. The van der Waals surface area contributed by atoms with Gasteiger partial charge in [-0.2, -0.15) is 4.98 Å². The monoisotopic (exact) mass is 468 g/mol. The Bertz CT molecular complexity index is 1480. The van der Waals surface area contributed by atoms with Crippen LogP contribution in [0.25, 0.3) is 11.4 Å². The van der Waals surface area contributed by atoms with E-state index < -0.39 is 11.0 Å². The Morgan fingerprint density at radius 2 is 1.86 bits per heavy atom. The number of hydrogen-bond donors (Lipinski definition) is 3. The molecule has 1 amide bonds. The Labute approximate surface area is 199 Å². The zero-order chi connectivity index (χ0) is 24.5. The fourth-order valence-electron chi connectivity index (χ4n) is 4.05. The second-order valence-electron chi connectivity index (χ2n) is 7.99. The number of aromatic nitrogens is 3. The Morgan fingerprint density at radius 3 is 2.60 bits per heavy atom. The maximum Gasteiger partial charge on any atom is 0.269 e. The normalized spacial score (nSPS) is 14.7. The molecular weight excluding hydrogens is 448 g/mol. The van der Waals surface area contributed by atoms with Crippen molar-refractivity contribution in [1.29, 1.82) is 0 Å². The topological polar surface area (TPSA) is 135 Å². The van der Waals surface area contributed by atoms with Crippen molar-refractivity contribution in [1.82, 2.24) is 14.8 Å². The van der Waals surface area contributed by atoms with Gasteiger partial charge in [-0.25, -0.2) is 4.68 Å². The predicted molar refractivity (Wildman–Crippen MR) is 130 cm³/mol. The van der Waals surface area contributed by atoms with Crippen LogP contribution in [-0.2, 0) is 4.79 Å². The summed E-state index contributed by atoms with van der Waals surface area (Å²) in [5.74, 6) is 0.387. The number of anilines is 2. The number of nitro benzene ring substituents is 1. The standard InChI is InChI=1S/C25H20N6O4/c1-15-21(24(33)27-18-9-3-2-4-10-18)22(16-7-5-11-19(13-16)31(34)35)30-25(26-15)28-23(29-30)17-8-6-12-20(32)14-17/h2-14,22,32H,1H3,(H,27,33)(H,26,28,29). The lowest BCUT2D eigenvalue weighted by molar-refractivity contribution is -0.384. The number of nitrogens with zero attached hydrogens (tertiary/aromatic N) is 4. The van der Waals surface area contributed by atoms with Crippen molar-refractivity contribution in [3.63, 3.8) is 0 Å². The molecule has 4 aromatic rings. The third-order valence-electron chi connectivity index (χ3n) is 5.63. The number of phenols is 1. The molecule has 0 bridgehead atoms. The fourth-order valence-corrected chi connectivity index (χ4v) is 4.05. The zero-order valence-electron chi connectivity index (χ0n) is 18.5. The van der Waals surface area contributed by atoms with E-state index in [1.54, 1.807) is 49.4 Å². The molecule has 0 spiro atoms. The second kappa shape index (κ2) is 8.75. The van der Waals surface area contributed by atoms with E-state index in [0.29, 0.717) is 39.9 Å². The number of non-ortho nitro benzene ring substituents is 1. The van der Waals surface area contributed by atoms with Crippen molar-refractivity contribution in [2.75, 3.05) is 10.6 Å². The summed E-state index contributed by atoms with van der Waals surface area (Å²) in [6.07, 6.45) is 0. The molecule has 1 atom stereocenters. The molecule has 0 saturated carbocycles. The number of phenolic OH excluding ortho intramolecular Hbond substituents is 1. The summed E-state index contributed by atoms with van der Waals surface area (Å²) in [7, 11) is 0. The van der Waals surface area contributed by atoms with Crippen LogP contribution in [0, 0.1) is 10.1 Å². The van der Waals surface area contributed by atoms with Crippen LogP contribution in [-0.4, -0.2) is 30.7 Å². The fraction of sp³-hybridized carbons (Fsp3) is 0.0800. The minimum absolute atomic E-state index is 0.0655. The molecule has 0 fully saturated rings. The molecule has 2 heterocycles. The number of nitro groups is 1. The molecule has 3 N–H and O–H groups in total. The summed E-state index contributed by atoms with van der Waals surface area (Å²) in [6, 6.07) is 20.8. The summed E-state index contributed by atoms with van der Waals surface area (Å²) in [5, 5.41) is 32.0. The first kappa shape index (κ1) is 21.8. The highest BCUT2D eigenvalue weighted by Gasteiger charge is 2.35. The van der Waals surface area contributed by atoms with Crippen LogP contribution in [0.4, 0.5) is 17.3 Å². The lowest BCUT2D eigenvalue weighted by Crippen LogP contribution is -2.31. The summed E-state index contributed by atoms with van der Waals surface area (Å²) in [4.78, 5) is 29.0. The molecule has 5 rings (SSSR count). The van der Waals surface area contributed by atoms with E-state index in [0.717, 1.165) is 0 Å². The number of para-hydroxylation sites is 1. The molecule has 1 aromatic heterocycles. The molecule has 1 aliphatic heterocycles. The van der Waals surface area contributed by atoms with Crippen LogP contribution in [0.5, 0.6) is 5.75 Å². The van der Waals surface area contributed by atoms with Crippen molar-refractivity contribution in [3.05, 3.63) is 106 Å². The summed E-state index contributed by atoms with van der Waals surface area (Å²) in [6.45, 7) is 1.75. The lowest BCUT2D eigenvalue weighted by atomic mass is 9.94. The quantitative estimate of drug-likeness (QED) is 0.290. The highest BCUT2D eigenvalue weighted by molar-refractivity contribution is 6.06. The highest BCUT2D eigenvalue weighted by Crippen LogP contribution is 2.38. The summed E-state index contributed by atoms with van der Waals surface area (Å²) in [5.41, 5.74) is 2.48. The van der Waals surface area contributed by atoms with Gasteiger partial charge in [0.1, 0.15) is 11.8 Å². The number of allylic oxidation sites excluding steroid dienone is 1. The van der Waals surface area contributed by atoms with Crippen LogP contribution in [0.1, 0.15) is 18.5 Å². The molecule has 0 saturated heterocycles. The molecule has 10 nitrogen and oxygen atoms in total. The molecule has 3 aromatic carbocycles. The Kier molecular flexibility index (Phi) is 5.46. The van der Waals surface area contributed by atoms with Gasteiger partial charge in [0.15, 0.2) is 5.82 Å². The number of fused-ring (bicyclic) bond motifs is 1. The summed E-state index contributed by atoms with van der Waals surface area (Å²) >= 11 is 0. The highest BCUT2D eigenvalue weighted by atomic mass is 16.6. The first-order valence-electron chi connectivity index (χ1n) is 10.7. The van der Waals surface area contributed by atoms with E-state index >= 15 is 0 Å². The first-order chi connectivity index (χ1) is 16.9. The van der Waals surface area contributed by atoms with Crippen molar-refractivity contribution >= 4 is 23.2 Å². The van der Waals surface area contributed by atoms with E-state index in [1.807, 2.05) is 18.2 Å². The van der Waals surface area contributed by atoms with Crippen molar-refractivity contribution in [3.8, 4) is 17.1 Å². The number of carbonyl (C=O) groups is 1. The van der Waals surface area contributed by atoms with Crippen LogP contribution < -0.4 is 10.6 Å². The molecule has 1 unspecified atom stereocenters. The van der Waals surface area contributed by atoms with Gasteiger partial charge in [0.2, 0.25) is 5.95 Å². The van der Waals surface area contributed by atoms with E-state index in [9.17, 15) is 20.0 Å². The molecule has 0 radical (unpaired) electrons. The number of carbonyl (C=O) groups excluding carboxylic acids is 1. The van der Waals surface area contributed by atoms with Gasteiger partial charge < -0.3 is 15.7 Å². The molecular formula is C25H20N6O4. The average molecular weight is 468 g/mol. The molecule has 0 aliphatic carbocycles. The SMILES string of the molecule is CC1=C(C(=O)Nc2ccccc2)C(c2cccc([N+](=O)[O-])c2)n2nc(-c3cccc(O)c3)nc2N1. The number of aromatic hydroxyl groups is 1. The van der Waals surface area contributed by atoms with Gasteiger partial charge in [-0.15, -0.1) is 5.10 Å². The van der Waals surface area contributed by atoms with Crippen LogP contribution in [0.3, 0.4) is 0 Å². The second-order valence-corrected chi connectivity index (χ2v) is 7.99. The molecule has 1 aliphatic rings. The van der Waals surface area contributed by atoms with Gasteiger partial charge in [-0.1, -0.05) is 42.5 Å². The number of rotatable bonds is 5. The summed E-state index contributed by atoms with van der Waals surface area (Å²) < 4.78 is 1.53. The molecule has 10 heteroatoms. The van der Waals surface area contributed by atoms with E-state index in [-0.39, 0.29) is 17.3 Å². The number of hydrogen-bond acceptors (Lipinski definition) is 7. The van der Waals surface area contributed by atoms with Gasteiger partial charge in [0, 0.05) is 29.1 Å². The zero-order valence-corrected chi connectivity index (χ0v) is 18.5. The molecule has 35 heavy (non-hydrogen) atoms. The van der Waals surface area contributed by atoms with E-state index in [4.69, 9.17) is 0 Å². The van der Waals surface area contributed by atoms with Gasteiger partial charge in [-0.3, -0.25) is 14.9 Å². The third kappa shape index (κ3) is 4.20. The maximum absolute atomic E-state index is 13.5. The Hall–Kier alpha value is -4.99. The van der Waals surface area contributed by atoms with Gasteiger partial charge >= 0.3 is 0 Å². The number of nitrogens with one attached hydrogen (secondary N) is 2. The Balaban J connectivity index is 1.64.